The van der Waals surface area contributed by atoms with E-state index in [9.17, 15) is 14.8 Å². The van der Waals surface area contributed by atoms with E-state index < -0.39 is 13.1 Å². The lowest BCUT2D eigenvalue weighted by molar-refractivity contribution is -0.122. The molecule has 0 unspecified atom stereocenters. The molecule has 0 fully saturated rings. The number of nitrogens with zero attached hydrogens (tertiary/aromatic N) is 3. The van der Waals surface area contributed by atoms with Gasteiger partial charge in [-0.2, -0.15) is 5.10 Å². The van der Waals surface area contributed by atoms with E-state index in [4.69, 9.17) is 5.73 Å². The number of nitrogens with one attached hydrogen (secondary N) is 1. The summed E-state index contributed by atoms with van der Waals surface area (Å²) in [5.41, 5.74) is 6.71. The second kappa shape index (κ2) is 13.3. The summed E-state index contributed by atoms with van der Waals surface area (Å²) in [5, 5.41) is 25.6. The molecule has 0 saturated carbocycles. The molecule has 154 valence electrons. The highest BCUT2D eigenvalue weighted by Gasteiger charge is 2.25. The van der Waals surface area contributed by atoms with Crippen molar-refractivity contribution in [3.8, 4) is 0 Å². The highest BCUT2D eigenvalue weighted by molar-refractivity contribution is 6.43. The van der Waals surface area contributed by atoms with Gasteiger partial charge in [0.1, 0.15) is 18.7 Å². The number of rotatable bonds is 12. The van der Waals surface area contributed by atoms with Crippen LogP contribution in [0.5, 0.6) is 0 Å². The van der Waals surface area contributed by atoms with Gasteiger partial charge in [0.2, 0.25) is 5.91 Å². The third-order valence-electron chi connectivity index (χ3n) is 4.37. The number of nitrogens with two attached hydrogens (primary N) is 1. The fourth-order valence-corrected chi connectivity index (χ4v) is 2.90. The summed E-state index contributed by atoms with van der Waals surface area (Å²) >= 11 is 0. The molecule has 0 spiro atoms. The number of aryl methyl sites for hydroxylation is 2. The van der Waals surface area contributed by atoms with Gasteiger partial charge < -0.3 is 21.1 Å². The summed E-state index contributed by atoms with van der Waals surface area (Å²) in [4.78, 5) is 16.5. The summed E-state index contributed by atoms with van der Waals surface area (Å²) in [7, 11) is -1.60. The first-order valence-corrected chi connectivity index (χ1v) is 9.36. The van der Waals surface area contributed by atoms with Crippen molar-refractivity contribution in [3.05, 3.63) is 48.0 Å². The number of hydrogen-bond donors (Lipinski definition) is 4. The number of halogens is 1. The molecule has 1 atom stereocenters. The summed E-state index contributed by atoms with van der Waals surface area (Å²) in [6.45, 7) is 0.536. The summed E-state index contributed by atoms with van der Waals surface area (Å²) in [6, 6.07) is 10.2. The minimum absolute atomic E-state index is 0. The number of carbonyl (C=O) groups is 1. The Labute approximate surface area is 172 Å². The van der Waals surface area contributed by atoms with E-state index >= 15 is 0 Å². The Bertz CT molecular complexity index is 687. The lowest BCUT2D eigenvalue weighted by Crippen LogP contribution is -2.47. The van der Waals surface area contributed by atoms with E-state index in [1.54, 1.807) is 4.68 Å². The Morgan fingerprint density at radius 3 is 2.61 bits per heavy atom. The minimum atomic E-state index is -1.60. The van der Waals surface area contributed by atoms with Crippen molar-refractivity contribution in [1.82, 2.24) is 20.1 Å². The monoisotopic (exact) mass is 409 g/mol. The van der Waals surface area contributed by atoms with Crippen LogP contribution in [-0.4, -0.2) is 50.3 Å². The van der Waals surface area contributed by atoms with Gasteiger partial charge in [-0.25, -0.2) is 9.67 Å². The van der Waals surface area contributed by atoms with E-state index in [-0.39, 0.29) is 24.9 Å². The maximum absolute atomic E-state index is 12.3. The van der Waals surface area contributed by atoms with E-state index in [0.29, 0.717) is 25.8 Å². The van der Waals surface area contributed by atoms with Gasteiger partial charge in [0.15, 0.2) is 0 Å². The second-order valence-electron chi connectivity index (χ2n) is 6.55. The van der Waals surface area contributed by atoms with Gasteiger partial charge in [-0.05, 0) is 37.8 Å². The molecular formula is C18H29BClN5O3. The zero-order valence-electron chi connectivity index (χ0n) is 15.9. The molecule has 2 aromatic rings. The molecule has 10 heteroatoms. The highest BCUT2D eigenvalue weighted by Crippen LogP contribution is 2.07. The van der Waals surface area contributed by atoms with Crippen molar-refractivity contribution in [3.63, 3.8) is 0 Å². The van der Waals surface area contributed by atoms with Crippen LogP contribution in [0, 0.1) is 0 Å². The summed E-state index contributed by atoms with van der Waals surface area (Å²) in [6.07, 6.45) is 5.93. The average Bonchev–Trinajstić information content (AvgIpc) is 3.08. The fraction of sp³-hybridized carbons (Fsp3) is 0.500. The molecule has 2 rings (SSSR count). The Hall–Kier alpha value is -1.94. The van der Waals surface area contributed by atoms with Crippen molar-refractivity contribution in [1.29, 1.82) is 0 Å². The lowest BCUT2D eigenvalue weighted by Gasteiger charge is -2.17. The normalized spacial score (nSPS) is 11.5. The Balaban J connectivity index is 0.00000392. The molecule has 0 bridgehead atoms. The molecule has 28 heavy (non-hydrogen) atoms. The Morgan fingerprint density at radius 1 is 1.18 bits per heavy atom. The zero-order chi connectivity index (χ0) is 19.5. The number of unbranched alkanes of at least 4 members (excludes halogenated alkanes) is 1. The van der Waals surface area contributed by atoms with Crippen LogP contribution in [0.1, 0.15) is 37.1 Å². The maximum atomic E-state index is 12.3. The third kappa shape index (κ3) is 8.39. The standard InChI is InChI=1S/C18H28BN5O3.ClH/c20-12-5-4-10-16(19(26)27)23-18(25)13-24-17(21-14-22-24)11-6-9-15-7-2-1-3-8-15;/h1-3,7-8,14,16,26-27H,4-6,9-13,20H2,(H,23,25);1H/t16-;/m0./s1. The number of aromatic nitrogens is 3. The van der Waals surface area contributed by atoms with E-state index in [2.05, 4.69) is 27.5 Å². The summed E-state index contributed by atoms with van der Waals surface area (Å²) in [5.74, 6) is -0.296. The fourth-order valence-electron chi connectivity index (χ4n) is 2.90. The smallest absolute Gasteiger partial charge is 0.426 e. The van der Waals surface area contributed by atoms with Crippen molar-refractivity contribution >= 4 is 25.4 Å². The molecule has 0 aliphatic rings. The predicted octanol–water partition coefficient (Wildman–Crippen LogP) is 0.501. The minimum Gasteiger partial charge on any atom is -0.426 e. The van der Waals surface area contributed by atoms with Gasteiger partial charge in [0, 0.05) is 6.42 Å². The van der Waals surface area contributed by atoms with E-state index in [1.807, 2.05) is 18.2 Å². The first kappa shape index (κ1) is 24.1. The van der Waals surface area contributed by atoms with Crippen molar-refractivity contribution in [2.75, 3.05) is 6.54 Å². The van der Waals surface area contributed by atoms with Crippen LogP contribution >= 0.6 is 12.4 Å². The molecule has 1 heterocycles. The van der Waals surface area contributed by atoms with Gasteiger partial charge >= 0.3 is 7.12 Å². The first-order chi connectivity index (χ1) is 13.1. The summed E-state index contributed by atoms with van der Waals surface area (Å²) < 4.78 is 1.56. The largest absolute Gasteiger partial charge is 0.475 e. The Kier molecular flexibility index (Phi) is 11.4. The molecular weight excluding hydrogens is 380 g/mol. The van der Waals surface area contributed by atoms with Crippen molar-refractivity contribution in [2.24, 2.45) is 5.73 Å². The zero-order valence-corrected chi connectivity index (χ0v) is 16.7. The molecule has 1 amide bonds. The van der Waals surface area contributed by atoms with Crippen LogP contribution < -0.4 is 11.1 Å². The van der Waals surface area contributed by atoms with Gasteiger partial charge in [0.25, 0.3) is 0 Å². The highest BCUT2D eigenvalue weighted by atomic mass is 35.5. The van der Waals surface area contributed by atoms with Crippen LogP contribution in [0.25, 0.3) is 0 Å². The number of carbonyl (C=O) groups excluding carboxylic acids is 1. The number of amides is 1. The van der Waals surface area contributed by atoms with Crippen LogP contribution in [0.4, 0.5) is 0 Å². The number of hydrogen-bond acceptors (Lipinski definition) is 6. The quantitative estimate of drug-likeness (QED) is 0.299. The van der Waals surface area contributed by atoms with Gasteiger partial charge in [-0.3, -0.25) is 4.79 Å². The molecule has 0 aliphatic carbocycles. The molecule has 1 aromatic heterocycles. The molecule has 1 aromatic carbocycles. The third-order valence-corrected chi connectivity index (χ3v) is 4.37. The van der Waals surface area contributed by atoms with Crippen molar-refractivity contribution in [2.45, 2.75) is 51.0 Å². The SMILES string of the molecule is Cl.NCCCC[C@H](NC(=O)Cn1ncnc1CCCc1ccccc1)B(O)O. The van der Waals surface area contributed by atoms with Crippen molar-refractivity contribution < 1.29 is 14.8 Å². The van der Waals surface area contributed by atoms with E-state index in [0.717, 1.165) is 25.1 Å². The van der Waals surface area contributed by atoms with E-state index in [1.165, 1.54) is 11.9 Å². The molecule has 0 saturated heterocycles. The van der Waals surface area contributed by atoms with Gasteiger partial charge in [-0.1, -0.05) is 36.8 Å². The average molecular weight is 410 g/mol. The predicted molar refractivity (Wildman–Crippen MR) is 111 cm³/mol. The number of benzene rings is 1. The van der Waals surface area contributed by atoms with Crippen LogP contribution in [0.3, 0.4) is 0 Å². The van der Waals surface area contributed by atoms with Gasteiger partial charge in [0.05, 0.1) is 5.94 Å². The molecule has 8 nitrogen and oxygen atoms in total. The topological polar surface area (TPSA) is 126 Å². The Morgan fingerprint density at radius 2 is 1.93 bits per heavy atom. The molecule has 5 N–H and O–H groups in total. The molecule has 0 radical (unpaired) electrons. The van der Waals surface area contributed by atoms with Gasteiger partial charge in [-0.15, -0.1) is 12.4 Å². The van der Waals surface area contributed by atoms with Crippen LogP contribution in [0.15, 0.2) is 36.7 Å². The van der Waals surface area contributed by atoms with Crippen LogP contribution in [0.2, 0.25) is 0 Å². The molecule has 0 aliphatic heterocycles. The van der Waals surface area contributed by atoms with Crippen LogP contribution in [-0.2, 0) is 24.2 Å². The maximum Gasteiger partial charge on any atom is 0.475 e. The lowest BCUT2D eigenvalue weighted by atomic mass is 9.76. The first-order valence-electron chi connectivity index (χ1n) is 9.36. The second-order valence-corrected chi connectivity index (χ2v) is 6.55.